The Bertz CT molecular complexity index is 815. The predicted octanol–water partition coefficient (Wildman–Crippen LogP) is 1.17. The van der Waals surface area contributed by atoms with Gasteiger partial charge in [-0.15, -0.1) is 0 Å². The number of hydrazine groups is 1. The number of amides is 1. The lowest BCUT2D eigenvalue weighted by Gasteiger charge is -2.31. The summed E-state index contributed by atoms with van der Waals surface area (Å²) in [5.41, 5.74) is -1.01. The Balaban J connectivity index is 2.52. The van der Waals surface area contributed by atoms with E-state index in [-0.39, 0.29) is 11.9 Å². The molecule has 11 nitrogen and oxygen atoms in total. The molecular weight excluding hydrogens is 346 g/mol. The molecular formula is C15H23N5O6. The molecule has 0 bridgehead atoms. The first-order chi connectivity index (χ1) is 12.0. The standard InChI is InChI=1S/C15H23N5O6/c1-15(2,3)26-14(23)17-19(9-7-5-6-8-9)11-10(20(24)25)12(21)18(4)13(22)16-11/h9H,5-8H2,1-4H3,(H,16,22)(H,17,23). The Labute approximate surface area is 149 Å². The summed E-state index contributed by atoms with van der Waals surface area (Å²) in [6, 6.07) is -0.302. The summed E-state index contributed by atoms with van der Waals surface area (Å²) in [5.74, 6) is -0.346. The highest BCUT2D eigenvalue weighted by Crippen LogP contribution is 2.29. The summed E-state index contributed by atoms with van der Waals surface area (Å²) < 4.78 is 5.81. The first-order valence-electron chi connectivity index (χ1n) is 8.28. The van der Waals surface area contributed by atoms with Gasteiger partial charge in [0.05, 0.1) is 11.0 Å². The quantitative estimate of drug-likeness (QED) is 0.599. The average molecular weight is 369 g/mol. The normalized spacial score (nSPS) is 14.9. The number of nitrogens with zero attached hydrogens (tertiary/aromatic N) is 3. The zero-order chi connectivity index (χ0) is 19.6. The highest BCUT2D eigenvalue weighted by molar-refractivity contribution is 5.71. The molecule has 1 heterocycles. The lowest BCUT2D eigenvalue weighted by Crippen LogP contribution is -2.51. The third-order valence-electron chi connectivity index (χ3n) is 3.99. The second-order valence-corrected chi connectivity index (χ2v) is 7.17. The lowest BCUT2D eigenvalue weighted by atomic mass is 10.2. The van der Waals surface area contributed by atoms with E-state index in [1.54, 1.807) is 20.8 Å². The first kappa shape index (κ1) is 19.5. The number of rotatable bonds is 4. The van der Waals surface area contributed by atoms with Gasteiger partial charge in [-0.3, -0.25) is 29.5 Å². The molecule has 1 aliphatic carbocycles. The van der Waals surface area contributed by atoms with Gasteiger partial charge in [-0.1, -0.05) is 12.8 Å². The largest absolute Gasteiger partial charge is 0.443 e. The van der Waals surface area contributed by atoms with Crippen LogP contribution in [0.5, 0.6) is 0 Å². The monoisotopic (exact) mass is 369 g/mol. The van der Waals surface area contributed by atoms with Crippen LogP contribution in [0, 0.1) is 10.1 Å². The fraction of sp³-hybridized carbons (Fsp3) is 0.667. The van der Waals surface area contributed by atoms with Gasteiger partial charge >= 0.3 is 23.0 Å². The molecule has 1 aromatic heterocycles. The molecule has 2 rings (SSSR count). The van der Waals surface area contributed by atoms with Crippen molar-refractivity contribution in [3.8, 4) is 0 Å². The second kappa shape index (κ2) is 7.18. The Kier molecular flexibility index (Phi) is 5.38. The smallest absolute Gasteiger partial charge is 0.426 e. The molecule has 26 heavy (non-hydrogen) atoms. The van der Waals surface area contributed by atoms with Crippen LogP contribution in [0.2, 0.25) is 0 Å². The Morgan fingerprint density at radius 2 is 1.92 bits per heavy atom. The molecule has 0 atom stereocenters. The molecule has 1 saturated carbocycles. The molecule has 144 valence electrons. The van der Waals surface area contributed by atoms with Gasteiger partial charge in [0.15, 0.2) is 0 Å². The number of aromatic amines is 1. The van der Waals surface area contributed by atoms with Gasteiger partial charge in [0, 0.05) is 7.05 Å². The number of nitrogens with one attached hydrogen (secondary N) is 2. The fourth-order valence-electron chi connectivity index (χ4n) is 2.83. The van der Waals surface area contributed by atoms with Crippen LogP contribution in [-0.4, -0.2) is 32.2 Å². The number of anilines is 1. The van der Waals surface area contributed by atoms with Crippen LogP contribution in [0.3, 0.4) is 0 Å². The fourth-order valence-corrected chi connectivity index (χ4v) is 2.83. The van der Waals surface area contributed by atoms with Gasteiger partial charge in [-0.05, 0) is 33.6 Å². The van der Waals surface area contributed by atoms with E-state index in [4.69, 9.17) is 4.74 Å². The molecule has 11 heteroatoms. The number of hydrogen-bond acceptors (Lipinski definition) is 7. The molecule has 0 radical (unpaired) electrons. The van der Waals surface area contributed by atoms with Crippen molar-refractivity contribution in [2.24, 2.45) is 7.05 Å². The predicted molar refractivity (Wildman–Crippen MR) is 93.1 cm³/mol. The van der Waals surface area contributed by atoms with E-state index in [9.17, 15) is 24.5 Å². The number of ether oxygens (including phenoxy) is 1. The summed E-state index contributed by atoms with van der Waals surface area (Å²) in [6.45, 7) is 5.03. The van der Waals surface area contributed by atoms with Gasteiger partial charge in [0.1, 0.15) is 5.60 Å². The van der Waals surface area contributed by atoms with E-state index in [1.807, 2.05) is 0 Å². The maximum Gasteiger partial charge on any atom is 0.426 e. The van der Waals surface area contributed by atoms with Crippen molar-refractivity contribution >= 4 is 17.6 Å². The van der Waals surface area contributed by atoms with E-state index >= 15 is 0 Å². The van der Waals surface area contributed by atoms with Crippen molar-refractivity contribution in [3.63, 3.8) is 0 Å². The molecule has 0 spiro atoms. The van der Waals surface area contributed by atoms with E-state index < -0.39 is 33.6 Å². The summed E-state index contributed by atoms with van der Waals surface area (Å²) in [7, 11) is 1.14. The molecule has 0 aromatic carbocycles. The molecule has 0 aliphatic heterocycles. The van der Waals surface area contributed by atoms with E-state index in [0.29, 0.717) is 17.4 Å². The molecule has 1 fully saturated rings. The highest BCUT2D eigenvalue weighted by atomic mass is 16.6. The third-order valence-corrected chi connectivity index (χ3v) is 3.99. The van der Waals surface area contributed by atoms with E-state index in [1.165, 1.54) is 5.01 Å². The Hall–Kier alpha value is -2.85. The second-order valence-electron chi connectivity index (χ2n) is 7.17. The van der Waals surface area contributed by atoms with Crippen molar-refractivity contribution in [3.05, 3.63) is 31.0 Å². The van der Waals surface area contributed by atoms with Crippen molar-refractivity contribution in [2.75, 3.05) is 5.01 Å². The Morgan fingerprint density at radius 3 is 2.42 bits per heavy atom. The minimum Gasteiger partial charge on any atom is -0.443 e. The van der Waals surface area contributed by atoms with Gasteiger partial charge in [0.2, 0.25) is 5.82 Å². The summed E-state index contributed by atoms with van der Waals surface area (Å²) in [5, 5.41) is 12.6. The number of carbonyl (C=O) groups excluding carboxylic acids is 1. The summed E-state index contributed by atoms with van der Waals surface area (Å²) >= 11 is 0. The zero-order valence-corrected chi connectivity index (χ0v) is 15.2. The minimum absolute atomic E-state index is 0.302. The Morgan fingerprint density at radius 1 is 1.35 bits per heavy atom. The maximum atomic E-state index is 12.2. The van der Waals surface area contributed by atoms with Crippen LogP contribution < -0.4 is 21.7 Å². The summed E-state index contributed by atoms with van der Waals surface area (Å²) in [4.78, 5) is 49.3. The van der Waals surface area contributed by atoms with Gasteiger partial charge in [0.25, 0.3) is 0 Å². The number of nitro groups is 1. The number of aromatic nitrogens is 2. The number of carbonyl (C=O) groups is 1. The van der Waals surface area contributed by atoms with Gasteiger partial charge < -0.3 is 4.74 Å². The molecule has 0 unspecified atom stereocenters. The van der Waals surface area contributed by atoms with Crippen molar-refractivity contribution < 1.29 is 14.5 Å². The molecule has 0 saturated heterocycles. The zero-order valence-electron chi connectivity index (χ0n) is 15.2. The van der Waals surface area contributed by atoms with Crippen LogP contribution in [0.15, 0.2) is 9.59 Å². The lowest BCUT2D eigenvalue weighted by molar-refractivity contribution is -0.386. The first-order valence-corrected chi connectivity index (χ1v) is 8.28. The van der Waals surface area contributed by atoms with Crippen molar-refractivity contribution in [1.82, 2.24) is 15.0 Å². The molecule has 2 N–H and O–H groups in total. The van der Waals surface area contributed by atoms with Crippen molar-refractivity contribution in [1.29, 1.82) is 0 Å². The van der Waals surface area contributed by atoms with E-state index in [0.717, 1.165) is 19.9 Å². The van der Waals surface area contributed by atoms with Gasteiger partial charge in [-0.25, -0.2) is 15.0 Å². The van der Waals surface area contributed by atoms with Crippen molar-refractivity contribution in [2.45, 2.75) is 58.1 Å². The van der Waals surface area contributed by atoms with Crippen LogP contribution >= 0.6 is 0 Å². The van der Waals surface area contributed by atoms with Crippen LogP contribution in [-0.2, 0) is 11.8 Å². The van der Waals surface area contributed by atoms with Crippen LogP contribution in [0.1, 0.15) is 46.5 Å². The average Bonchev–Trinajstić information content (AvgIpc) is 3.01. The third kappa shape index (κ3) is 4.21. The number of H-pyrrole nitrogens is 1. The van der Waals surface area contributed by atoms with Gasteiger partial charge in [-0.2, -0.15) is 0 Å². The van der Waals surface area contributed by atoms with Crippen LogP contribution in [0.4, 0.5) is 16.3 Å². The molecule has 1 aromatic rings. The van der Waals surface area contributed by atoms with E-state index in [2.05, 4.69) is 10.4 Å². The minimum atomic E-state index is -1.05. The highest BCUT2D eigenvalue weighted by Gasteiger charge is 2.34. The van der Waals surface area contributed by atoms with Crippen LogP contribution in [0.25, 0.3) is 0 Å². The summed E-state index contributed by atoms with van der Waals surface area (Å²) in [6.07, 6.45) is 2.18. The molecule has 1 amide bonds. The maximum absolute atomic E-state index is 12.2. The molecule has 1 aliphatic rings. The SMILES string of the molecule is Cn1c(=O)[nH]c(N(NC(=O)OC(C)(C)C)C2CCCC2)c([N+](=O)[O-])c1=O. The topological polar surface area (TPSA) is 140 Å². The number of hydrogen-bond donors (Lipinski definition) is 2.